The number of nitrogens with zero attached hydrogens (tertiary/aromatic N) is 2. The molecule has 0 radical (unpaired) electrons. The molecule has 1 aliphatic heterocycles. The second-order valence-electron chi connectivity index (χ2n) is 3.34. The second kappa shape index (κ2) is 3.88. The lowest BCUT2D eigenvalue weighted by molar-refractivity contribution is 0.121. The van der Waals surface area contributed by atoms with Gasteiger partial charge in [-0.1, -0.05) is 0 Å². The molecule has 0 aliphatic carbocycles. The summed E-state index contributed by atoms with van der Waals surface area (Å²) in [5.74, 6) is 0.0278. The van der Waals surface area contributed by atoms with Crippen molar-refractivity contribution in [2.24, 2.45) is 0 Å². The van der Waals surface area contributed by atoms with E-state index in [0.717, 1.165) is 25.4 Å². The molecule has 1 fully saturated rings. The number of hydrogen-bond donors (Lipinski definition) is 1. The van der Waals surface area contributed by atoms with Gasteiger partial charge in [0.05, 0.1) is 24.5 Å². The molecule has 2 atom stereocenters. The lowest BCUT2D eigenvalue weighted by atomic mass is 10.2. The number of halogens is 1. The van der Waals surface area contributed by atoms with E-state index >= 15 is 0 Å². The zero-order chi connectivity index (χ0) is 9.97. The van der Waals surface area contributed by atoms with Crippen molar-refractivity contribution in [2.75, 3.05) is 11.9 Å². The SMILES string of the molecule is C[C@H]1OCC[C@H]1Nc1ncc(F)cn1. The average Bonchev–Trinajstić information content (AvgIpc) is 2.56. The van der Waals surface area contributed by atoms with Crippen molar-refractivity contribution in [3.63, 3.8) is 0 Å². The molecule has 5 heteroatoms. The van der Waals surface area contributed by atoms with Gasteiger partial charge in [0, 0.05) is 6.61 Å². The van der Waals surface area contributed by atoms with Gasteiger partial charge in [-0.15, -0.1) is 0 Å². The van der Waals surface area contributed by atoms with Crippen LogP contribution in [0.25, 0.3) is 0 Å². The van der Waals surface area contributed by atoms with E-state index in [1.54, 1.807) is 0 Å². The summed E-state index contributed by atoms with van der Waals surface area (Å²) in [6, 6.07) is 0.223. The van der Waals surface area contributed by atoms with Crippen LogP contribution in [0.5, 0.6) is 0 Å². The number of ether oxygens (including phenoxy) is 1. The van der Waals surface area contributed by atoms with Crippen LogP contribution in [-0.2, 0) is 4.74 Å². The fourth-order valence-electron chi connectivity index (χ4n) is 1.47. The van der Waals surface area contributed by atoms with E-state index in [1.165, 1.54) is 0 Å². The fraction of sp³-hybridized carbons (Fsp3) is 0.556. The maximum Gasteiger partial charge on any atom is 0.223 e. The van der Waals surface area contributed by atoms with Gasteiger partial charge in [-0.2, -0.15) is 0 Å². The molecule has 0 bridgehead atoms. The van der Waals surface area contributed by atoms with Crippen LogP contribution in [0.4, 0.5) is 10.3 Å². The summed E-state index contributed by atoms with van der Waals surface area (Å²) in [4.78, 5) is 7.65. The van der Waals surface area contributed by atoms with Crippen molar-refractivity contribution >= 4 is 5.95 Å². The molecule has 2 heterocycles. The van der Waals surface area contributed by atoms with Gasteiger partial charge in [0.2, 0.25) is 5.95 Å². The van der Waals surface area contributed by atoms with E-state index in [-0.39, 0.29) is 12.1 Å². The van der Waals surface area contributed by atoms with E-state index < -0.39 is 5.82 Å². The summed E-state index contributed by atoms with van der Waals surface area (Å²) in [5, 5.41) is 3.10. The van der Waals surface area contributed by atoms with Gasteiger partial charge in [-0.3, -0.25) is 0 Å². The van der Waals surface area contributed by atoms with Crippen molar-refractivity contribution in [3.8, 4) is 0 Å². The normalized spacial score (nSPS) is 26.4. The van der Waals surface area contributed by atoms with Gasteiger partial charge < -0.3 is 10.1 Å². The number of hydrogen-bond acceptors (Lipinski definition) is 4. The van der Waals surface area contributed by atoms with E-state index in [0.29, 0.717) is 5.95 Å². The van der Waals surface area contributed by atoms with Gasteiger partial charge in [-0.25, -0.2) is 14.4 Å². The molecule has 0 spiro atoms. The van der Waals surface area contributed by atoms with Crippen LogP contribution < -0.4 is 5.32 Å². The molecule has 1 aliphatic rings. The monoisotopic (exact) mass is 197 g/mol. The number of aromatic nitrogens is 2. The first kappa shape index (κ1) is 9.33. The van der Waals surface area contributed by atoms with Crippen LogP contribution in [-0.4, -0.2) is 28.7 Å². The number of nitrogens with one attached hydrogen (secondary N) is 1. The van der Waals surface area contributed by atoms with Crippen molar-refractivity contribution in [2.45, 2.75) is 25.5 Å². The molecule has 0 unspecified atom stereocenters. The smallest absolute Gasteiger partial charge is 0.223 e. The summed E-state index contributed by atoms with van der Waals surface area (Å²) in [6.07, 6.45) is 3.39. The van der Waals surface area contributed by atoms with Crippen LogP contribution in [0, 0.1) is 5.82 Å². The van der Waals surface area contributed by atoms with Gasteiger partial charge in [-0.05, 0) is 13.3 Å². The maximum atomic E-state index is 12.5. The highest BCUT2D eigenvalue weighted by molar-refractivity contribution is 5.25. The van der Waals surface area contributed by atoms with Gasteiger partial charge in [0.15, 0.2) is 5.82 Å². The first-order valence-electron chi connectivity index (χ1n) is 4.61. The fourth-order valence-corrected chi connectivity index (χ4v) is 1.47. The molecule has 1 saturated heterocycles. The Kier molecular flexibility index (Phi) is 2.58. The summed E-state index contributed by atoms with van der Waals surface area (Å²) < 4.78 is 17.9. The Balaban J connectivity index is 2.00. The summed E-state index contributed by atoms with van der Waals surface area (Å²) >= 11 is 0. The second-order valence-corrected chi connectivity index (χ2v) is 3.34. The molecule has 4 nitrogen and oxygen atoms in total. The molecular formula is C9H12FN3O. The predicted octanol–water partition coefficient (Wildman–Crippen LogP) is 1.20. The maximum absolute atomic E-state index is 12.5. The number of anilines is 1. The molecule has 1 aromatic heterocycles. The Bertz CT molecular complexity index is 303. The van der Waals surface area contributed by atoms with E-state index in [9.17, 15) is 4.39 Å². The lowest BCUT2D eigenvalue weighted by Crippen LogP contribution is -2.27. The quantitative estimate of drug-likeness (QED) is 0.774. The largest absolute Gasteiger partial charge is 0.376 e. The molecular weight excluding hydrogens is 185 g/mol. The van der Waals surface area contributed by atoms with Gasteiger partial charge in [0.25, 0.3) is 0 Å². The van der Waals surface area contributed by atoms with Crippen molar-refractivity contribution in [1.29, 1.82) is 0 Å². The zero-order valence-corrected chi connectivity index (χ0v) is 7.90. The minimum atomic E-state index is -0.425. The molecule has 0 amide bonds. The van der Waals surface area contributed by atoms with Crippen LogP contribution in [0.3, 0.4) is 0 Å². The molecule has 76 valence electrons. The van der Waals surface area contributed by atoms with Crippen LogP contribution >= 0.6 is 0 Å². The highest BCUT2D eigenvalue weighted by Crippen LogP contribution is 2.16. The molecule has 1 aromatic rings. The summed E-state index contributed by atoms with van der Waals surface area (Å²) in [5.41, 5.74) is 0. The molecule has 0 aromatic carbocycles. The Labute approximate surface area is 81.5 Å². The third-order valence-corrected chi connectivity index (χ3v) is 2.31. The first-order valence-corrected chi connectivity index (χ1v) is 4.61. The Hall–Kier alpha value is -1.23. The van der Waals surface area contributed by atoms with Gasteiger partial charge in [0.1, 0.15) is 0 Å². The summed E-state index contributed by atoms with van der Waals surface area (Å²) in [7, 11) is 0. The van der Waals surface area contributed by atoms with Crippen molar-refractivity contribution in [1.82, 2.24) is 9.97 Å². The number of rotatable bonds is 2. The molecule has 0 saturated carbocycles. The van der Waals surface area contributed by atoms with Crippen molar-refractivity contribution < 1.29 is 9.13 Å². The van der Waals surface area contributed by atoms with Crippen LogP contribution in [0.15, 0.2) is 12.4 Å². The minimum Gasteiger partial charge on any atom is -0.376 e. The topological polar surface area (TPSA) is 47.0 Å². The predicted molar refractivity (Wildman–Crippen MR) is 49.4 cm³/mol. The minimum absolute atomic E-state index is 0.156. The average molecular weight is 197 g/mol. The molecule has 1 N–H and O–H groups in total. The highest BCUT2D eigenvalue weighted by atomic mass is 19.1. The van der Waals surface area contributed by atoms with Gasteiger partial charge >= 0.3 is 0 Å². The lowest BCUT2D eigenvalue weighted by Gasteiger charge is -2.15. The van der Waals surface area contributed by atoms with E-state index in [2.05, 4.69) is 15.3 Å². The van der Waals surface area contributed by atoms with Crippen molar-refractivity contribution in [3.05, 3.63) is 18.2 Å². The molecule has 14 heavy (non-hydrogen) atoms. The molecule has 2 rings (SSSR count). The zero-order valence-electron chi connectivity index (χ0n) is 7.90. The standard InChI is InChI=1S/C9H12FN3O/c1-6-8(2-3-14-6)13-9-11-4-7(10)5-12-9/h4-6,8H,2-3H2,1H3,(H,11,12,13)/t6-,8-/m1/s1. The Morgan fingerprint density at radius 2 is 2.21 bits per heavy atom. The van der Waals surface area contributed by atoms with Crippen LogP contribution in [0.1, 0.15) is 13.3 Å². The summed E-state index contributed by atoms with van der Waals surface area (Å²) in [6.45, 7) is 2.74. The van der Waals surface area contributed by atoms with E-state index in [4.69, 9.17) is 4.74 Å². The highest BCUT2D eigenvalue weighted by Gasteiger charge is 2.24. The Morgan fingerprint density at radius 1 is 1.50 bits per heavy atom. The first-order chi connectivity index (χ1) is 6.75. The van der Waals surface area contributed by atoms with E-state index in [1.807, 2.05) is 6.92 Å². The Morgan fingerprint density at radius 3 is 2.79 bits per heavy atom. The third-order valence-electron chi connectivity index (χ3n) is 2.31. The third kappa shape index (κ3) is 1.98. The van der Waals surface area contributed by atoms with Crippen LogP contribution in [0.2, 0.25) is 0 Å².